The maximum Gasteiger partial charge on any atom is 0.140 e. The first-order valence-electron chi connectivity index (χ1n) is 9.61. The van der Waals surface area contributed by atoms with Gasteiger partial charge in [0.25, 0.3) is 0 Å². The SMILES string of the molecule is Cc1cc(N2CCN(c3nc(C)nc4cnccc34)CC2)nc(C2CC2)n1. The average Bonchev–Trinajstić information content (AvgIpc) is 3.52. The maximum absolute atomic E-state index is 4.84. The molecule has 1 saturated heterocycles. The van der Waals surface area contributed by atoms with Crippen LogP contribution in [0, 0.1) is 13.8 Å². The molecule has 0 spiro atoms. The summed E-state index contributed by atoms with van der Waals surface area (Å²) >= 11 is 0. The van der Waals surface area contributed by atoms with Crippen molar-refractivity contribution < 1.29 is 0 Å². The smallest absolute Gasteiger partial charge is 0.140 e. The van der Waals surface area contributed by atoms with Crippen LogP contribution in [0.1, 0.15) is 36.1 Å². The number of pyridine rings is 1. The fraction of sp³-hybridized carbons (Fsp3) is 0.450. The Hall–Kier alpha value is -2.83. The number of rotatable bonds is 3. The van der Waals surface area contributed by atoms with E-state index < -0.39 is 0 Å². The van der Waals surface area contributed by atoms with Gasteiger partial charge in [-0.25, -0.2) is 19.9 Å². The number of anilines is 2. The molecule has 0 N–H and O–H groups in total. The van der Waals surface area contributed by atoms with E-state index in [9.17, 15) is 0 Å². The monoisotopic (exact) mass is 361 g/mol. The van der Waals surface area contributed by atoms with Gasteiger partial charge in [0.1, 0.15) is 23.3 Å². The minimum atomic E-state index is 0.578. The highest BCUT2D eigenvalue weighted by Crippen LogP contribution is 2.38. The van der Waals surface area contributed by atoms with Crippen LogP contribution >= 0.6 is 0 Å². The summed E-state index contributed by atoms with van der Waals surface area (Å²) in [5, 5.41) is 1.07. The van der Waals surface area contributed by atoms with Crippen LogP contribution in [0.3, 0.4) is 0 Å². The van der Waals surface area contributed by atoms with E-state index >= 15 is 0 Å². The van der Waals surface area contributed by atoms with Crippen molar-refractivity contribution >= 4 is 22.5 Å². The van der Waals surface area contributed by atoms with Gasteiger partial charge in [-0.15, -0.1) is 0 Å². The van der Waals surface area contributed by atoms with Crippen molar-refractivity contribution in [2.24, 2.45) is 0 Å². The summed E-state index contributed by atoms with van der Waals surface area (Å²) in [6.07, 6.45) is 6.08. The second kappa shape index (κ2) is 6.40. The number of nitrogens with zero attached hydrogens (tertiary/aromatic N) is 7. The van der Waals surface area contributed by atoms with Crippen molar-refractivity contribution in [1.82, 2.24) is 24.9 Å². The highest BCUT2D eigenvalue weighted by atomic mass is 15.3. The quantitative estimate of drug-likeness (QED) is 0.710. The standard InChI is InChI=1S/C20H23N7/c1-13-11-18(25-19(22-13)15-3-4-15)26-7-9-27(10-8-26)20-16-5-6-21-12-17(16)23-14(2)24-20/h5-6,11-12,15H,3-4,7-10H2,1-2H3. The number of fused-ring (bicyclic) bond motifs is 1. The molecule has 3 aromatic heterocycles. The van der Waals surface area contributed by atoms with Crippen molar-refractivity contribution in [2.75, 3.05) is 36.0 Å². The Morgan fingerprint density at radius 1 is 0.926 bits per heavy atom. The van der Waals surface area contributed by atoms with E-state index in [4.69, 9.17) is 9.97 Å². The van der Waals surface area contributed by atoms with Gasteiger partial charge < -0.3 is 9.80 Å². The minimum absolute atomic E-state index is 0.578. The third-order valence-corrected chi connectivity index (χ3v) is 5.29. The molecule has 5 rings (SSSR count). The Morgan fingerprint density at radius 3 is 2.48 bits per heavy atom. The lowest BCUT2D eigenvalue weighted by atomic mass is 10.2. The van der Waals surface area contributed by atoms with Gasteiger partial charge in [-0.3, -0.25) is 4.98 Å². The zero-order valence-corrected chi connectivity index (χ0v) is 15.8. The Balaban J connectivity index is 1.38. The number of hydrogen-bond acceptors (Lipinski definition) is 7. The fourth-order valence-corrected chi connectivity index (χ4v) is 3.73. The maximum atomic E-state index is 4.84. The highest BCUT2D eigenvalue weighted by molar-refractivity contribution is 5.88. The van der Waals surface area contributed by atoms with E-state index in [0.29, 0.717) is 5.92 Å². The zero-order chi connectivity index (χ0) is 18.4. The van der Waals surface area contributed by atoms with Gasteiger partial charge in [0.05, 0.1) is 11.7 Å². The first-order valence-corrected chi connectivity index (χ1v) is 9.61. The van der Waals surface area contributed by atoms with Crippen LogP contribution in [-0.2, 0) is 0 Å². The molecule has 0 atom stereocenters. The molecule has 2 aliphatic rings. The summed E-state index contributed by atoms with van der Waals surface area (Å²) in [7, 11) is 0. The van der Waals surface area contributed by atoms with Crippen molar-refractivity contribution in [2.45, 2.75) is 32.6 Å². The molecule has 4 heterocycles. The molecule has 7 heteroatoms. The summed E-state index contributed by atoms with van der Waals surface area (Å²) in [5.41, 5.74) is 1.97. The largest absolute Gasteiger partial charge is 0.353 e. The lowest BCUT2D eigenvalue weighted by molar-refractivity contribution is 0.639. The van der Waals surface area contributed by atoms with Gasteiger partial charge in [0.15, 0.2) is 0 Å². The van der Waals surface area contributed by atoms with Gasteiger partial charge in [-0.2, -0.15) is 0 Å². The van der Waals surface area contributed by atoms with E-state index in [0.717, 1.165) is 66.1 Å². The third-order valence-electron chi connectivity index (χ3n) is 5.29. The lowest BCUT2D eigenvalue weighted by Crippen LogP contribution is -2.47. The Kier molecular flexibility index (Phi) is 3.88. The molecule has 0 unspecified atom stereocenters. The lowest BCUT2D eigenvalue weighted by Gasteiger charge is -2.36. The molecule has 7 nitrogen and oxygen atoms in total. The normalized spacial score (nSPS) is 17.6. The molecular weight excluding hydrogens is 338 g/mol. The van der Waals surface area contributed by atoms with E-state index in [1.54, 1.807) is 0 Å². The Bertz CT molecular complexity index is 991. The van der Waals surface area contributed by atoms with Crippen LogP contribution in [0.25, 0.3) is 10.9 Å². The fourth-order valence-electron chi connectivity index (χ4n) is 3.73. The van der Waals surface area contributed by atoms with Gasteiger partial charge >= 0.3 is 0 Å². The molecule has 1 aliphatic carbocycles. The van der Waals surface area contributed by atoms with Crippen LogP contribution in [0.4, 0.5) is 11.6 Å². The second-order valence-electron chi connectivity index (χ2n) is 7.46. The first-order chi connectivity index (χ1) is 13.2. The first kappa shape index (κ1) is 16.4. The van der Waals surface area contributed by atoms with Gasteiger partial charge in [-0.1, -0.05) is 0 Å². The van der Waals surface area contributed by atoms with Crippen molar-refractivity contribution in [1.29, 1.82) is 0 Å². The van der Waals surface area contributed by atoms with Crippen molar-refractivity contribution in [3.63, 3.8) is 0 Å². The Labute approximate surface area is 158 Å². The molecule has 1 aliphatic heterocycles. The Morgan fingerprint density at radius 2 is 1.70 bits per heavy atom. The van der Waals surface area contributed by atoms with Gasteiger partial charge in [0, 0.05) is 55.4 Å². The summed E-state index contributed by atoms with van der Waals surface area (Å²) in [6.45, 7) is 7.68. The molecule has 0 bridgehead atoms. The predicted octanol–water partition coefficient (Wildman–Crippen LogP) is 2.64. The molecule has 0 amide bonds. The number of aromatic nitrogens is 5. The number of aryl methyl sites for hydroxylation is 2. The third kappa shape index (κ3) is 3.18. The van der Waals surface area contributed by atoms with Crippen LogP contribution in [0.2, 0.25) is 0 Å². The topological polar surface area (TPSA) is 70.9 Å². The van der Waals surface area contributed by atoms with E-state index in [-0.39, 0.29) is 0 Å². The van der Waals surface area contributed by atoms with Gasteiger partial charge in [-0.05, 0) is 32.8 Å². The molecule has 2 fully saturated rings. The summed E-state index contributed by atoms with van der Waals surface area (Å²) in [5.74, 6) is 4.47. The molecule has 0 aromatic carbocycles. The van der Waals surface area contributed by atoms with Crippen LogP contribution in [0.5, 0.6) is 0 Å². The molecule has 138 valence electrons. The number of hydrogen-bond donors (Lipinski definition) is 0. The molecule has 1 saturated carbocycles. The molecule has 3 aromatic rings. The van der Waals surface area contributed by atoms with E-state index in [1.807, 2.05) is 25.4 Å². The van der Waals surface area contributed by atoms with E-state index in [1.165, 1.54) is 12.8 Å². The van der Waals surface area contributed by atoms with Crippen LogP contribution < -0.4 is 9.80 Å². The molecule has 27 heavy (non-hydrogen) atoms. The van der Waals surface area contributed by atoms with Crippen molar-refractivity contribution in [3.8, 4) is 0 Å². The predicted molar refractivity (Wildman–Crippen MR) is 105 cm³/mol. The molecule has 0 radical (unpaired) electrons. The van der Waals surface area contributed by atoms with Gasteiger partial charge in [0.2, 0.25) is 0 Å². The summed E-state index contributed by atoms with van der Waals surface area (Å²) in [4.78, 5) is 27.6. The zero-order valence-electron chi connectivity index (χ0n) is 15.8. The second-order valence-corrected chi connectivity index (χ2v) is 7.46. The minimum Gasteiger partial charge on any atom is -0.353 e. The van der Waals surface area contributed by atoms with E-state index in [2.05, 4.69) is 37.7 Å². The summed E-state index contributed by atoms with van der Waals surface area (Å²) in [6, 6.07) is 4.11. The number of piperazine rings is 1. The average molecular weight is 361 g/mol. The molecular formula is C20H23N7. The van der Waals surface area contributed by atoms with Crippen LogP contribution in [0.15, 0.2) is 24.5 Å². The van der Waals surface area contributed by atoms with Crippen LogP contribution in [-0.4, -0.2) is 51.1 Å². The highest BCUT2D eigenvalue weighted by Gasteiger charge is 2.28. The summed E-state index contributed by atoms with van der Waals surface area (Å²) < 4.78 is 0. The van der Waals surface area contributed by atoms with Crippen molar-refractivity contribution in [3.05, 3.63) is 41.9 Å².